The summed E-state index contributed by atoms with van der Waals surface area (Å²) in [5.41, 5.74) is 0. The summed E-state index contributed by atoms with van der Waals surface area (Å²) in [4.78, 5) is 60.3. The lowest BCUT2D eigenvalue weighted by Crippen LogP contribution is -2.45. The number of allylic oxidation sites excluding steroid dienone is 2. The van der Waals surface area contributed by atoms with E-state index in [2.05, 4.69) is 4.74 Å². The molecule has 136 valence electrons. The van der Waals surface area contributed by atoms with Gasteiger partial charge in [0.05, 0.1) is 18.4 Å². The summed E-state index contributed by atoms with van der Waals surface area (Å²) in [7, 11) is 0. The summed E-state index contributed by atoms with van der Waals surface area (Å²) < 4.78 is 9.30. The van der Waals surface area contributed by atoms with E-state index in [-0.39, 0.29) is 6.61 Å². The van der Waals surface area contributed by atoms with Gasteiger partial charge in [0.15, 0.2) is 6.61 Å². The second-order valence-electron chi connectivity index (χ2n) is 5.75. The number of hydrogen-bond acceptors (Lipinski definition) is 7. The summed E-state index contributed by atoms with van der Waals surface area (Å²) >= 11 is 0. The fraction of sp³-hybridized carbons (Fsp3) is 0.562. The highest BCUT2D eigenvalue weighted by Crippen LogP contribution is 2.36. The van der Waals surface area contributed by atoms with Crippen LogP contribution < -0.4 is 5.32 Å². The lowest BCUT2D eigenvalue weighted by molar-refractivity contribution is -0.159. The molecule has 2 rings (SSSR count). The second kappa shape index (κ2) is 7.91. The molecule has 0 saturated carbocycles. The van der Waals surface area contributed by atoms with Crippen molar-refractivity contribution in [1.29, 1.82) is 0 Å². The van der Waals surface area contributed by atoms with Gasteiger partial charge >= 0.3 is 12.1 Å². The van der Waals surface area contributed by atoms with Crippen LogP contribution >= 0.6 is 0 Å². The van der Waals surface area contributed by atoms with Gasteiger partial charge in [-0.05, 0) is 26.7 Å². The zero-order valence-electron chi connectivity index (χ0n) is 14.0. The molecule has 9 heteroatoms. The normalized spacial score (nSPS) is 23.0. The van der Waals surface area contributed by atoms with Gasteiger partial charge in [-0.25, -0.2) is 9.59 Å². The van der Waals surface area contributed by atoms with Crippen LogP contribution in [0.25, 0.3) is 0 Å². The van der Waals surface area contributed by atoms with Crippen LogP contribution in [0.15, 0.2) is 12.2 Å². The van der Waals surface area contributed by atoms with Crippen LogP contribution in [0.3, 0.4) is 0 Å². The molecule has 9 nitrogen and oxygen atoms in total. The number of alkyl carbamates (subject to hydrolysis) is 1. The van der Waals surface area contributed by atoms with Crippen molar-refractivity contribution >= 4 is 29.8 Å². The molecule has 0 radical (unpaired) electrons. The summed E-state index contributed by atoms with van der Waals surface area (Å²) in [6.07, 6.45) is 3.68. The number of likely N-dealkylation sites (tertiary alicyclic amines) is 1. The van der Waals surface area contributed by atoms with Crippen LogP contribution in [0.1, 0.15) is 26.7 Å². The molecular weight excluding hydrogens is 332 g/mol. The third-order valence-electron chi connectivity index (χ3n) is 4.13. The number of hydrogen-bond donors (Lipinski definition) is 1. The molecule has 0 aromatic rings. The first-order chi connectivity index (χ1) is 11.9. The topological polar surface area (TPSA) is 119 Å². The summed E-state index contributed by atoms with van der Waals surface area (Å²) in [5, 5.41) is 1.87. The van der Waals surface area contributed by atoms with Crippen molar-refractivity contribution in [2.24, 2.45) is 11.8 Å². The molecule has 1 N–H and O–H groups in total. The Bertz CT molecular complexity index is 602. The first kappa shape index (κ1) is 18.6. The number of nitrogens with zero attached hydrogens (tertiary/aromatic N) is 1. The quantitative estimate of drug-likeness (QED) is 0.425. The highest BCUT2D eigenvalue weighted by molar-refractivity contribution is 6.08. The first-order valence-electron chi connectivity index (χ1n) is 8.02. The van der Waals surface area contributed by atoms with Crippen molar-refractivity contribution in [3.63, 3.8) is 0 Å². The maximum absolute atomic E-state index is 12.4. The minimum absolute atomic E-state index is 0.0896. The van der Waals surface area contributed by atoms with Crippen LogP contribution in [-0.2, 0) is 28.7 Å². The van der Waals surface area contributed by atoms with E-state index in [0.29, 0.717) is 12.8 Å². The number of nitrogens with one attached hydrogen (secondary N) is 1. The molecule has 0 aromatic heterocycles. The molecular formula is C16H20N2O7. The molecule has 0 unspecified atom stereocenters. The molecule has 25 heavy (non-hydrogen) atoms. The Morgan fingerprint density at radius 2 is 1.72 bits per heavy atom. The van der Waals surface area contributed by atoms with E-state index in [1.807, 2.05) is 17.5 Å². The molecule has 1 fully saturated rings. The third-order valence-corrected chi connectivity index (χ3v) is 4.13. The standard InChI is InChI=1S/C16H20N2O7/c1-3-24-16(23)17-12(19)8-25-15(22)9(2)18-13(20)10-6-4-5-7-11(10)14(18)21/h4-5,9-11H,3,6-8H2,1-2H3,(H,17,19,23)/t9-,10-,11+/m0/s1. The largest absolute Gasteiger partial charge is 0.454 e. The Balaban J connectivity index is 1.90. The molecule has 1 aliphatic heterocycles. The van der Waals surface area contributed by atoms with E-state index in [1.54, 1.807) is 6.92 Å². The van der Waals surface area contributed by atoms with Crippen molar-refractivity contribution in [3.05, 3.63) is 12.2 Å². The van der Waals surface area contributed by atoms with E-state index in [4.69, 9.17) is 4.74 Å². The van der Waals surface area contributed by atoms with Crippen molar-refractivity contribution in [1.82, 2.24) is 10.2 Å². The molecule has 1 heterocycles. The van der Waals surface area contributed by atoms with Crippen molar-refractivity contribution in [2.45, 2.75) is 32.7 Å². The molecule has 1 saturated heterocycles. The molecule has 0 spiro atoms. The van der Waals surface area contributed by atoms with Crippen molar-refractivity contribution < 1.29 is 33.4 Å². The van der Waals surface area contributed by atoms with Gasteiger partial charge in [-0.3, -0.25) is 24.6 Å². The van der Waals surface area contributed by atoms with E-state index >= 15 is 0 Å². The fourth-order valence-electron chi connectivity index (χ4n) is 2.89. The average molecular weight is 352 g/mol. The Labute approximate surface area is 144 Å². The van der Waals surface area contributed by atoms with Gasteiger partial charge in [0, 0.05) is 0 Å². The van der Waals surface area contributed by atoms with E-state index in [9.17, 15) is 24.0 Å². The van der Waals surface area contributed by atoms with Crippen LogP contribution in [0.5, 0.6) is 0 Å². The van der Waals surface area contributed by atoms with Crippen LogP contribution in [0.2, 0.25) is 0 Å². The lowest BCUT2D eigenvalue weighted by atomic mass is 9.85. The van der Waals surface area contributed by atoms with E-state index < -0.39 is 54.3 Å². The minimum Gasteiger partial charge on any atom is -0.454 e. The summed E-state index contributed by atoms with van der Waals surface area (Å²) in [6, 6.07) is -1.14. The van der Waals surface area contributed by atoms with Gasteiger partial charge in [0.25, 0.3) is 5.91 Å². The Morgan fingerprint density at radius 3 is 2.24 bits per heavy atom. The smallest absolute Gasteiger partial charge is 0.413 e. The first-order valence-corrected chi connectivity index (χ1v) is 8.02. The van der Waals surface area contributed by atoms with Crippen LogP contribution in [0.4, 0.5) is 4.79 Å². The third kappa shape index (κ3) is 4.04. The zero-order valence-corrected chi connectivity index (χ0v) is 14.0. The van der Waals surface area contributed by atoms with Gasteiger partial charge in [0.1, 0.15) is 6.04 Å². The van der Waals surface area contributed by atoms with E-state index in [0.717, 1.165) is 4.90 Å². The van der Waals surface area contributed by atoms with E-state index in [1.165, 1.54) is 6.92 Å². The van der Waals surface area contributed by atoms with Gasteiger partial charge < -0.3 is 9.47 Å². The van der Waals surface area contributed by atoms with Gasteiger partial charge in [-0.1, -0.05) is 12.2 Å². The SMILES string of the molecule is CCOC(=O)NC(=O)COC(=O)[C@H](C)N1C(=O)[C@H]2CC=CC[C@H]2C1=O. The summed E-state index contributed by atoms with van der Waals surface area (Å²) in [5.74, 6) is -3.46. The number of rotatable bonds is 5. The number of amides is 4. The molecule has 0 bridgehead atoms. The fourth-order valence-corrected chi connectivity index (χ4v) is 2.89. The number of ether oxygens (including phenoxy) is 2. The number of imide groups is 2. The van der Waals surface area contributed by atoms with Crippen molar-refractivity contribution in [2.75, 3.05) is 13.2 Å². The Morgan fingerprint density at radius 1 is 1.16 bits per heavy atom. The summed E-state index contributed by atoms with van der Waals surface area (Å²) in [6.45, 7) is 2.31. The number of carbonyl (C=O) groups is 5. The number of esters is 1. The molecule has 1 aliphatic carbocycles. The van der Waals surface area contributed by atoms with Gasteiger partial charge in [-0.2, -0.15) is 0 Å². The van der Waals surface area contributed by atoms with Crippen molar-refractivity contribution in [3.8, 4) is 0 Å². The predicted octanol–water partition coefficient (Wildman–Crippen LogP) is 0.142. The maximum atomic E-state index is 12.4. The number of fused-ring (bicyclic) bond motifs is 1. The number of carbonyl (C=O) groups excluding carboxylic acids is 5. The monoisotopic (exact) mass is 352 g/mol. The maximum Gasteiger partial charge on any atom is 0.413 e. The van der Waals surface area contributed by atoms with Gasteiger partial charge in [0.2, 0.25) is 11.8 Å². The minimum atomic E-state index is -1.14. The zero-order chi connectivity index (χ0) is 18.6. The average Bonchev–Trinajstić information content (AvgIpc) is 2.84. The van der Waals surface area contributed by atoms with Crippen LogP contribution in [-0.4, -0.2) is 53.9 Å². The van der Waals surface area contributed by atoms with Gasteiger partial charge in [-0.15, -0.1) is 0 Å². The molecule has 2 aliphatic rings. The van der Waals surface area contributed by atoms with Crippen LogP contribution in [0, 0.1) is 11.8 Å². The second-order valence-corrected chi connectivity index (χ2v) is 5.75. The Kier molecular flexibility index (Phi) is 5.89. The lowest BCUT2D eigenvalue weighted by Gasteiger charge is -2.21. The predicted molar refractivity (Wildman–Crippen MR) is 82.8 cm³/mol. The molecule has 4 amide bonds. The Hall–Kier alpha value is -2.71. The molecule has 3 atom stereocenters. The highest BCUT2D eigenvalue weighted by Gasteiger charge is 2.50. The molecule has 0 aromatic carbocycles. The highest BCUT2D eigenvalue weighted by atomic mass is 16.6.